The molecule has 108 valence electrons. The minimum Gasteiger partial charge on any atom is -0.335 e. The molecule has 1 aromatic carbocycles. The van der Waals surface area contributed by atoms with Crippen molar-refractivity contribution in [2.24, 2.45) is 5.84 Å². The Morgan fingerprint density at radius 2 is 2.35 bits per heavy atom. The molecule has 1 aliphatic rings. The van der Waals surface area contributed by atoms with Crippen LogP contribution in [0.25, 0.3) is 0 Å². The van der Waals surface area contributed by atoms with Gasteiger partial charge in [0.15, 0.2) is 0 Å². The summed E-state index contributed by atoms with van der Waals surface area (Å²) >= 11 is 0. The Hall–Kier alpha value is -2.15. The van der Waals surface area contributed by atoms with E-state index in [-0.39, 0.29) is 28.9 Å². The molecule has 20 heavy (non-hydrogen) atoms. The molecule has 0 bridgehead atoms. The van der Waals surface area contributed by atoms with Gasteiger partial charge < -0.3 is 10.3 Å². The van der Waals surface area contributed by atoms with Crippen LogP contribution in [-0.2, 0) is 0 Å². The first-order valence-corrected chi connectivity index (χ1v) is 6.65. The number of nitrogens with one attached hydrogen (secondary N) is 1. The lowest BCUT2D eigenvalue weighted by Gasteiger charge is -2.23. The van der Waals surface area contributed by atoms with Crippen molar-refractivity contribution in [1.29, 1.82) is 0 Å². The number of hydrogen-bond donors (Lipinski definition) is 2. The summed E-state index contributed by atoms with van der Waals surface area (Å²) in [6.07, 6.45) is 2.74. The van der Waals surface area contributed by atoms with Crippen LogP contribution >= 0.6 is 0 Å². The molecule has 0 saturated carbocycles. The van der Waals surface area contributed by atoms with E-state index in [1.807, 2.05) is 6.92 Å². The molecule has 2 rings (SSSR count). The van der Waals surface area contributed by atoms with Crippen LogP contribution in [0.1, 0.15) is 36.5 Å². The number of benzene rings is 1. The fourth-order valence-electron chi connectivity index (χ4n) is 2.71. The number of nitro groups is 1. The minimum atomic E-state index is -0.570. The van der Waals surface area contributed by atoms with Crippen LogP contribution in [0.3, 0.4) is 0 Å². The van der Waals surface area contributed by atoms with Crippen LogP contribution in [0.2, 0.25) is 0 Å². The van der Waals surface area contributed by atoms with Gasteiger partial charge >= 0.3 is 5.69 Å². The fraction of sp³-hybridized carbons (Fsp3) is 0.462. The van der Waals surface area contributed by atoms with Crippen molar-refractivity contribution in [3.63, 3.8) is 0 Å². The number of carbonyl (C=O) groups is 1. The summed E-state index contributed by atoms with van der Waals surface area (Å²) in [5, 5.41) is 11.2. The molecule has 1 atom stereocenters. The third-order valence-electron chi connectivity index (χ3n) is 3.71. The van der Waals surface area contributed by atoms with E-state index in [2.05, 4.69) is 5.43 Å². The van der Waals surface area contributed by atoms with E-state index in [9.17, 15) is 14.9 Å². The summed E-state index contributed by atoms with van der Waals surface area (Å²) in [4.78, 5) is 24.9. The molecule has 1 saturated heterocycles. The Labute approximate surface area is 116 Å². The molecule has 1 aromatic rings. The number of hydrogen-bond acceptors (Lipinski definition) is 5. The maximum Gasteiger partial charge on any atom is 0.306 e. The summed E-state index contributed by atoms with van der Waals surface area (Å²) in [7, 11) is 0. The van der Waals surface area contributed by atoms with Gasteiger partial charge in [0.05, 0.1) is 4.92 Å². The lowest BCUT2D eigenvalue weighted by Crippen LogP contribution is -2.35. The standard InChI is InChI=1S/C13H18N4O3/c1-2-9-5-4-8-16(9)13(18)10-6-3-7-11(15-14)12(10)17(19)20/h3,6-7,9,15H,2,4-5,8,14H2,1H3. The Bertz CT molecular complexity index is 532. The summed E-state index contributed by atoms with van der Waals surface area (Å²) in [6.45, 7) is 2.66. The van der Waals surface area contributed by atoms with Crippen molar-refractivity contribution in [2.45, 2.75) is 32.2 Å². The van der Waals surface area contributed by atoms with E-state index in [4.69, 9.17) is 5.84 Å². The molecule has 0 spiro atoms. The van der Waals surface area contributed by atoms with Gasteiger partial charge in [-0.25, -0.2) is 0 Å². The second-order valence-electron chi connectivity index (χ2n) is 4.81. The molecular formula is C13H18N4O3. The number of carbonyl (C=O) groups excluding carboxylic acids is 1. The maximum absolute atomic E-state index is 12.6. The van der Waals surface area contributed by atoms with Gasteiger partial charge in [-0.1, -0.05) is 13.0 Å². The van der Waals surface area contributed by atoms with Crippen LogP contribution < -0.4 is 11.3 Å². The highest BCUT2D eigenvalue weighted by atomic mass is 16.6. The summed E-state index contributed by atoms with van der Waals surface area (Å²) < 4.78 is 0. The lowest BCUT2D eigenvalue weighted by atomic mass is 10.1. The highest BCUT2D eigenvalue weighted by Gasteiger charge is 2.33. The molecule has 1 unspecified atom stereocenters. The molecule has 7 heteroatoms. The van der Waals surface area contributed by atoms with Crippen LogP contribution in [0.15, 0.2) is 18.2 Å². The van der Waals surface area contributed by atoms with Crippen molar-refractivity contribution in [1.82, 2.24) is 4.90 Å². The average molecular weight is 278 g/mol. The zero-order chi connectivity index (χ0) is 14.7. The molecule has 1 fully saturated rings. The molecule has 3 N–H and O–H groups in total. The molecule has 7 nitrogen and oxygen atoms in total. The first kappa shape index (κ1) is 14.3. The van der Waals surface area contributed by atoms with Gasteiger partial charge in [-0.15, -0.1) is 0 Å². The number of nitrogens with zero attached hydrogens (tertiary/aromatic N) is 2. The van der Waals surface area contributed by atoms with Gasteiger partial charge in [0.1, 0.15) is 11.3 Å². The molecule has 0 aliphatic carbocycles. The zero-order valence-electron chi connectivity index (χ0n) is 11.3. The van der Waals surface area contributed by atoms with E-state index in [0.29, 0.717) is 6.54 Å². The van der Waals surface area contributed by atoms with E-state index in [1.165, 1.54) is 12.1 Å². The van der Waals surface area contributed by atoms with Crippen LogP contribution in [-0.4, -0.2) is 28.3 Å². The van der Waals surface area contributed by atoms with Crippen molar-refractivity contribution in [2.75, 3.05) is 12.0 Å². The Kier molecular flexibility index (Phi) is 4.19. The van der Waals surface area contributed by atoms with Crippen molar-refractivity contribution in [3.05, 3.63) is 33.9 Å². The number of para-hydroxylation sites is 1. The normalized spacial score (nSPS) is 18.1. The molecule has 0 radical (unpaired) electrons. The number of rotatable bonds is 4. The summed E-state index contributed by atoms with van der Waals surface area (Å²) in [5.41, 5.74) is 2.25. The number of nitrogen functional groups attached to an aromatic ring is 1. The average Bonchev–Trinajstić information content (AvgIpc) is 2.93. The first-order chi connectivity index (χ1) is 9.60. The Balaban J connectivity index is 2.42. The number of amides is 1. The predicted molar refractivity (Wildman–Crippen MR) is 75.3 cm³/mol. The molecule has 1 heterocycles. The van der Waals surface area contributed by atoms with Gasteiger partial charge in [0.25, 0.3) is 5.91 Å². The smallest absolute Gasteiger partial charge is 0.306 e. The van der Waals surface area contributed by atoms with Crippen molar-refractivity contribution < 1.29 is 9.72 Å². The number of nitrogens with two attached hydrogens (primary N) is 1. The zero-order valence-corrected chi connectivity index (χ0v) is 11.3. The van der Waals surface area contributed by atoms with Crippen molar-refractivity contribution in [3.8, 4) is 0 Å². The highest BCUT2D eigenvalue weighted by Crippen LogP contribution is 2.31. The lowest BCUT2D eigenvalue weighted by molar-refractivity contribution is -0.384. The maximum atomic E-state index is 12.6. The van der Waals surface area contributed by atoms with Gasteiger partial charge in [0.2, 0.25) is 0 Å². The minimum absolute atomic E-state index is 0.0887. The predicted octanol–water partition coefficient (Wildman–Crippen LogP) is 1.89. The first-order valence-electron chi connectivity index (χ1n) is 6.65. The van der Waals surface area contributed by atoms with Crippen molar-refractivity contribution >= 4 is 17.3 Å². The Morgan fingerprint density at radius 1 is 1.60 bits per heavy atom. The molecule has 1 amide bonds. The number of anilines is 1. The van der Waals surface area contributed by atoms with Crippen LogP contribution in [0.4, 0.5) is 11.4 Å². The molecule has 0 aromatic heterocycles. The van der Waals surface area contributed by atoms with Gasteiger partial charge in [-0.2, -0.15) is 0 Å². The number of likely N-dealkylation sites (tertiary alicyclic amines) is 1. The van der Waals surface area contributed by atoms with Crippen LogP contribution in [0, 0.1) is 10.1 Å². The molecule has 1 aliphatic heterocycles. The quantitative estimate of drug-likeness (QED) is 0.497. The summed E-state index contributed by atoms with van der Waals surface area (Å²) in [6, 6.07) is 4.71. The Morgan fingerprint density at radius 3 is 2.95 bits per heavy atom. The van der Waals surface area contributed by atoms with Gasteiger partial charge in [-0.3, -0.25) is 20.8 Å². The highest BCUT2D eigenvalue weighted by molar-refractivity contribution is 6.00. The van der Waals surface area contributed by atoms with E-state index >= 15 is 0 Å². The molecular weight excluding hydrogens is 260 g/mol. The third kappa shape index (κ3) is 2.44. The fourth-order valence-corrected chi connectivity index (χ4v) is 2.71. The SMILES string of the molecule is CCC1CCCN1C(=O)c1cccc(NN)c1[N+](=O)[O-]. The van der Waals surface area contributed by atoms with E-state index in [1.54, 1.807) is 11.0 Å². The summed E-state index contributed by atoms with van der Waals surface area (Å²) in [5.74, 6) is 4.99. The van der Waals surface area contributed by atoms with Crippen LogP contribution in [0.5, 0.6) is 0 Å². The largest absolute Gasteiger partial charge is 0.335 e. The van der Waals surface area contributed by atoms with Gasteiger partial charge in [0, 0.05) is 12.6 Å². The second-order valence-corrected chi connectivity index (χ2v) is 4.81. The van der Waals surface area contributed by atoms with E-state index < -0.39 is 4.92 Å². The second kappa shape index (κ2) is 5.87. The van der Waals surface area contributed by atoms with E-state index in [0.717, 1.165) is 19.3 Å². The monoisotopic (exact) mass is 278 g/mol. The third-order valence-corrected chi connectivity index (χ3v) is 3.71. The number of hydrazine groups is 1. The van der Waals surface area contributed by atoms with Gasteiger partial charge in [-0.05, 0) is 31.4 Å². The number of nitro benzene ring substituents is 1. The topological polar surface area (TPSA) is 102 Å².